The van der Waals surface area contributed by atoms with Gasteiger partial charge < -0.3 is 15.1 Å². The normalized spacial score (nSPS) is 10.8. The van der Waals surface area contributed by atoms with Crippen LogP contribution in [0, 0.1) is 0 Å². The largest absolute Gasteiger partial charge is 0.467 e. The zero-order chi connectivity index (χ0) is 17.6. The van der Waals surface area contributed by atoms with Gasteiger partial charge >= 0.3 is 0 Å². The molecule has 3 heterocycles. The molecule has 7 heteroatoms. The van der Waals surface area contributed by atoms with Crippen LogP contribution >= 0.6 is 0 Å². The third-order valence-electron chi connectivity index (χ3n) is 3.79. The summed E-state index contributed by atoms with van der Waals surface area (Å²) in [4.78, 5) is 29.1. The van der Waals surface area contributed by atoms with Gasteiger partial charge in [0.2, 0.25) is 5.82 Å². The molecule has 0 radical (unpaired) electrons. The molecule has 130 valence electrons. The van der Waals surface area contributed by atoms with E-state index < -0.39 is 0 Å². The molecule has 3 rings (SSSR count). The Hall–Kier alpha value is -3.09. The molecule has 2 amide bonds. The number of aromatic nitrogens is 2. The molecule has 25 heavy (non-hydrogen) atoms. The van der Waals surface area contributed by atoms with E-state index >= 15 is 0 Å². The third kappa shape index (κ3) is 3.71. The molecule has 0 fully saturated rings. The highest BCUT2D eigenvalue weighted by Crippen LogP contribution is 2.13. The minimum Gasteiger partial charge on any atom is -0.467 e. The Morgan fingerprint density at radius 3 is 2.80 bits per heavy atom. The van der Waals surface area contributed by atoms with Crippen LogP contribution in [0.3, 0.4) is 0 Å². The van der Waals surface area contributed by atoms with Crippen LogP contribution < -0.4 is 10.6 Å². The molecule has 0 aliphatic rings. The van der Waals surface area contributed by atoms with Crippen molar-refractivity contribution < 1.29 is 14.0 Å². The van der Waals surface area contributed by atoms with Crippen LogP contribution in [0.25, 0.3) is 5.52 Å². The van der Waals surface area contributed by atoms with E-state index in [4.69, 9.17) is 4.42 Å². The van der Waals surface area contributed by atoms with Gasteiger partial charge in [-0.15, -0.1) is 0 Å². The first-order valence-electron chi connectivity index (χ1n) is 8.26. The fraction of sp³-hybridized carbons (Fsp3) is 0.278. The van der Waals surface area contributed by atoms with Gasteiger partial charge in [-0.1, -0.05) is 19.4 Å². The van der Waals surface area contributed by atoms with Crippen molar-refractivity contribution in [2.75, 3.05) is 6.54 Å². The van der Waals surface area contributed by atoms with Crippen LogP contribution in [0.1, 0.15) is 46.6 Å². The number of furan rings is 1. The number of unbranched alkanes of at least 4 members (excludes halogenated alkanes) is 1. The van der Waals surface area contributed by atoms with E-state index in [1.165, 1.54) is 0 Å². The number of nitrogens with one attached hydrogen (secondary N) is 2. The van der Waals surface area contributed by atoms with Gasteiger partial charge in [-0.05, 0) is 30.7 Å². The molecule has 3 aromatic heterocycles. The quantitative estimate of drug-likeness (QED) is 0.646. The lowest BCUT2D eigenvalue weighted by atomic mass is 10.3. The van der Waals surface area contributed by atoms with Gasteiger partial charge in [0.15, 0.2) is 5.69 Å². The van der Waals surface area contributed by atoms with Gasteiger partial charge in [0.25, 0.3) is 11.8 Å². The van der Waals surface area contributed by atoms with Crippen molar-refractivity contribution in [3.05, 3.63) is 60.1 Å². The molecule has 0 atom stereocenters. The van der Waals surface area contributed by atoms with Gasteiger partial charge in [0.05, 0.1) is 18.3 Å². The van der Waals surface area contributed by atoms with Crippen LogP contribution in [0.4, 0.5) is 0 Å². The van der Waals surface area contributed by atoms with Gasteiger partial charge in [-0.25, -0.2) is 4.98 Å². The van der Waals surface area contributed by atoms with Crippen LogP contribution in [-0.4, -0.2) is 27.7 Å². The second-order valence-corrected chi connectivity index (χ2v) is 5.61. The number of hydrogen-bond donors (Lipinski definition) is 2. The van der Waals surface area contributed by atoms with Crippen molar-refractivity contribution in [3.8, 4) is 0 Å². The molecule has 0 unspecified atom stereocenters. The predicted octanol–water partition coefficient (Wildman–Crippen LogP) is 2.39. The Kier molecular flexibility index (Phi) is 5.13. The summed E-state index contributed by atoms with van der Waals surface area (Å²) in [6.07, 6.45) is 5.15. The number of carbonyl (C=O) groups is 2. The molecule has 0 spiro atoms. The number of nitrogens with zero attached hydrogens (tertiary/aromatic N) is 2. The van der Waals surface area contributed by atoms with Crippen molar-refractivity contribution in [1.29, 1.82) is 0 Å². The number of hydrogen-bond acceptors (Lipinski definition) is 4. The molecule has 0 aromatic carbocycles. The van der Waals surface area contributed by atoms with Crippen molar-refractivity contribution >= 4 is 17.3 Å². The number of rotatable bonds is 7. The minimum absolute atomic E-state index is 0.204. The van der Waals surface area contributed by atoms with E-state index in [2.05, 4.69) is 22.5 Å². The number of carbonyl (C=O) groups excluding carboxylic acids is 2. The maximum absolute atomic E-state index is 12.5. The van der Waals surface area contributed by atoms with Crippen LogP contribution in [-0.2, 0) is 6.54 Å². The van der Waals surface area contributed by atoms with Crippen LogP contribution in [0.5, 0.6) is 0 Å². The second kappa shape index (κ2) is 7.65. The lowest BCUT2D eigenvalue weighted by Crippen LogP contribution is -2.27. The Morgan fingerprint density at radius 1 is 1.16 bits per heavy atom. The smallest absolute Gasteiger partial charge is 0.287 e. The summed E-state index contributed by atoms with van der Waals surface area (Å²) < 4.78 is 6.83. The fourth-order valence-electron chi connectivity index (χ4n) is 2.49. The van der Waals surface area contributed by atoms with Crippen molar-refractivity contribution in [3.63, 3.8) is 0 Å². The molecular formula is C18H20N4O3. The number of amides is 2. The standard InChI is InChI=1S/C18H20N4O3/c1-2-3-9-19-18(24)16-21-15(14-8-4-5-10-22(14)16)17(23)20-12-13-7-6-11-25-13/h4-8,10-11H,2-3,9,12H2,1H3,(H,19,24)(H,20,23). The summed E-state index contributed by atoms with van der Waals surface area (Å²) in [5.41, 5.74) is 0.799. The Labute approximate surface area is 145 Å². The summed E-state index contributed by atoms with van der Waals surface area (Å²) in [6, 6.07) is 8.89. The van der Waals surface area contributed by atoms with Gasteiger partial charge in [-0.3, -0.25) is 14.0 Å². The average Bonchev–Trinajstić information content (AvgIpc) is 3.27. The molecule has 0 aliphatic carbocycles. The highest BCUT2D eigenvalue weighted by molar-refractivity contribution is 6.02. The van der Waals surface area contributed by atoms with E-state index in [1.54, 1.807) is 47.2 Å². The molecule has 2 N–H and O–H groups in total. The van der Waals surface area contributed by atoms with E-state index in [1.807, 2.05) is 0 Å². The molecule has 3 aromatic rings. The Morgan fingerprint density at radius 2 is 2.04 bits per heavy atom. The highest BCUT2D eigenvalue weighted by atomic mass is 16.3. The molecule has 0 saturated heterocycles. The molecule has 0 aliphatic heterocycles. The molecule has 7 nitrogen and oxygen atoms in total. The summed E-state index contributed by atoms with van der Waals surface area (Å²) in [5.74, 6) is 0.205. The van der Waals surface area contributed by atoms with E-state index in [0.29, 0.717) is 17.8 Å². The maximum Gasteiger partial charge on any atom is 0.287 e. The summed E-state index contributed by atoms with van der Waals surface area (Å²) in [7, 11) is 0. The van der Waals surface area contributed by atoms with Gasteiger partial charge in [-0.2, -0.15) is 0 Å². The van der Waals surface area contributed by atoms with Gasteiger partial charge in [0, 0.05) is 12.7 Å². The number of pyridine rings is 1. The zero-order valence-electron chi connectivity index (χ0n) is 14.0. The predicted molar refractivity (Wildman–Crippen MR) is 92.3 cm³/mol. The topological polar surface area (TPSA) is 88.6 Å². The monoisotopic (exact) mass is 340 g/mol. The minimum atomic E-state index is -0.354. The first-order chi connectivity index (χ1) is 12.2. The van der Waals surface area contributed by atoms with Crippen molar-refractivity contribution in [1.82, 2.24) is 20.0 Å². The number of fused-ring (bicyclic) bond motifs is 1. The van der Waals surface area contributed by atoms with Crippen LogP contribution in [0.2, 0.25) is 0 Å². The highest BCUT2D eigenvalue weighted by Gasteiger charge is 2.21. The van der Waals surface area contributed by atoms with Gasteiger partial charge in [0.1, 0.15) is 5.76 Å². The van der Waals surface area contributed by atoms with Crippen LogP contribution in [0.15, 0.2) is 47.2 Å². The fourth-order valence-corrected chi connectivity index (χ4v) is 2.49. The molecular weight excluding hydrogens is 320 g/mol. The zero-order valence-corrected chi connectivity index (χ0v) is 14.0. The summed E-state index contributed by atoms with van der Waals surface area (Å²) in [5, 5.41) is 5.59. The Balaban J connectivity index is 1.83. The van der Waals surface area contributed by atoms with E-state index in [9.17, 15) is 9.59 Å². The average molecular weight is 340 g/mol. The second-order valence-electron chi connectivity index (χ2n) is 5.61. The third-order valence-corrected chi connectivity index (χ3v) is 3.79. The van der Waals surface area contributed by atoms with Crippen molar-refractivity contribution in [2.24, 2.45) is 0 Å². The molecule has 0 saturated carbocycles. The maximum atomic E-state index is 12.5. The Bertz CT molecular complexity index is 868. The van der Waals surface area contributed by atoms with E-state index in [-0.39, 0.29) is 29.9 Å². The lowest BCUT2D eigenvalue weighted by Gasteiger charge is -2.02. The summed E-state index contributed by atoms with van der Waals surface area (Å²) in [6.45, 7) is 2.89. The first-order valence-corrected chi connectivity index (χ1v) is 8.26. The van der Waals surface area contributed by atoms with E-state index in [0.717, 1.165) is 12.8 Å². The lowest BCUT2D eigenvalue weighted by molar-refractivity contribution is 0.0941. The molecule has 0 bridgehead atoms. The van der Waals surface area contributed by atoms with Crippen molar-refractivity contribution in [2.45, 2.75) is 26.3 Å². The number of imidazole rings is 1. The first kappa shape index (κ1) is 16.8. The summed E-state index contributed by atoms with van der Waals surface area (Å²) >= 11 is 0. The SMILES string of the molecule is CCCCNC(=O)c1nc(C(=O)NCc2ccco2)c2ccccn12.